The molecule has 11 heteroatoms. The number of unbranched alkanes of at least 4 members (excludes halogenated alkanes) is 16. The van der Waals surface area contributed by atoms with Crippen molar-refractivity contribution < 1.29 is 48.2 Å². The predicted octanol–water partition coefficient (Wildman–Crippen LogP) is 14.1. The first-order chi connectivity index (χ1) is 34.4. The van der Waals surface area contributed by atoms with Crippen LogP contribution in [0.15, 0.2) is 48.6 Å². The molecule has 0 aliphatic carbocycles. The molecule has 0 aromatic rings. The molecule has 0 amide bonds. The van der Waals surface area contributed by atoms with Gasteiger partial charge in [-0.3, -0.25) is 9.59 Å². The first-order valence-electron chi connectivity index (χ1n) is 28.7. The lowest BCUT2D eigenvalue weighted by molar-refractivity contribution is -0.159. The summed E-state index contributed by atoms with van der Waals surface area (Å²) in [5.74, 6) is -0.451. The highest BCUT2D eigenvalue weighted by atomic mass is 16.7. The number of hydrogen-bond donors (Lipinski definition) is 2. The average molecular weight is 993 g/mol. The molecule has 0 unspecified atom stereocenters. The molecule has 0 bridgehead atoms. The Bertz CT molecular complexity index is 1090. The van der Waals surface area contributed by atoms with Gasteiger partial charge in [-0.25, -0.2) is 0 Å². The highest BCUT2D eigenvalue weighted by Gasteiger charge is 2.16. The minimum absolute atomic E-state index is 0.00741. The zero-order chi connectivity index (χ0) is 51.1. The number of nitrogens with zero attached hydrogens (tertiary/aromatic N) is 1. The van der Waals surface area contributed by atoms with Crippen LogP contribution in [0.3, 0.4) is 0 Å². The van der Waals surface area contributed by atoms with E-state index >= 15 is 0 Å². The largest absolute Gasteiger partial charge is 0.466 e. The number of ether oxygens (including phenoxy) is 6. The van der Waals surface area contributed by atoms with Gasteiger partial charge in [0.05, 0.1) is 26.1 Å². The molecule has 0 fully saturated rings. The lowest BCUT2D eigenvalue weighted by atomic mass is 10.1. The van der Waals surface area contributed by atoms with E-state index in [0.29, 0.717) is 65.3 Å². The maximum absolute atomic E-state index is 12.6. The molecule has 11 nitrogen and oxygen atoms in total. The summed E-state index contributed by atoms with van der Waals surface area (Å²) in [6, 6.07) is 0. The fourth-order valence-electron chi connectivity index (χ4n) is 7.75. The SMILES string of the molecule is CC/C=C\CCCCOC(CCC(=O)OCCCCCCCN(CCCCCCCOC(=O)CCC(OCCCC/C=C\CC)OCCCC/C=C\CC)CCC(CO)CO)OCCCC/C=C\CC. The van der Waals surface area contributed by atoms with Crippen molar-refractivity contribution in [3.8, 4) is 0 Å². The van der Waals surface area contributed by atoms with Crippen molar-refractivity contribution in [2.24, 2.45) is 5.92 Å². The predicted molar refractivity (Wildman–Crippen MR) is 290 cm³/mol. The Labute approximate surface area is 430 Å². The fourth-order valence-corrected chi connectivity index (χ4v) is 7.75. The van der Waals surface area contributed by atoms with Gasteiger partial charge in [-0.05, 0) is 154 Å². The minimum atomic E-state index is -0.376. The molecule has 0 radical (unpaired) electrons. The van der Waals surface area contributed by atoms with Crippen LogP contribution < -0.4 is 0 Å². The number of rotatable bonds is 55. The Hall–Kier alpha value is -2.38. The summed E-state index contributed by atoms with van der Waals surface area (Å²) in [7, 11) is 0. The highest BCUT2D eigenvalue weighted by molar-refractivity contribution is 5.69. The third kappa shape index (κ3) is 49.2. The molecule has 2 N–H and O–H groups in total. The van der Waals surface area contributed by atoms with E-state index in [0.717, 1.165) is 193 Å². The third-order valence-corrected chi connectivity index (χ3v) is 12.2. The molecule has 0 atom stereocenters. The molecular formula is C59H109NO10. The standard InChI is InChI=1S/C59H109NO10/c1-5-9-13-17-25-35-49-67-58(68-50-36-26-18-14-10-6-2)41-39-56(63)65-47-33-29-21-23-31-44-60(46-43-55(53-61)54-62)45-32-24-22-30-34-48-66-57(64)40-42-59(69-51-37-27-19-15-11-7-3)70-52-38-28-20-16-12-8-4/h9-16,55,58-59,61-62H,5-8,17-54H2,1-4H3/b13-9-,14-10-,15-11-,16-12-. The zero-order valence-electron chi connectivity index (χ0n) is 45.7. The van der Waals surface area contributed by atoms with Crippen LogP contribution in [-0.4, -0.2) is 112 Å². The van der Waals surface area contributed by atoms with Gasteiger partial charge in [-0.2, -0.15) is 0 Å². The van der Waals surface area contributed by atoms with Crippen molar-refractivity contribution in [1.29, 1.82) is 0 Å². The van der Waals surface area contributed by atoms with E-state index in [-0.39, 0.29) is 43.7 Å². The number of carbonyl (C=O) groups is 2. The van der Waals surface area contributed by atoms with Crippen LogP contribution in [0.25, 0.3) is 0 Å². The van der Waals surface area contributed by atoms with Crippen LogP contribution >= 0.6 is 0 Å². The Morgan fingerprint density at radius 1 is 0.386 bits per heavy atom. The van der Waals surface area contributed by atoms with Crippen molar-refractivity contribution in [2.45, 2.75) is 239 Å². The summed E-state index contributed by atoms with van der Waals surface area (Å²) in [5, 5.41) is 19.3. The molecule has 0 rings (SSSR count). The number of carbonyl (C=O) groups excluding carboxylic acids is 2. The number of allylic oxidation sites excluding steroid dienone is 8. The smallest absolute Gasteiger partial charge is 0.305 e. The fraction of sp³-hybridized carbons (Fsp3) is 0.831. The summed E-state index contributed by atoms with van der Waals surface area (Å²) in [6.07, 6.45) is 46.5. The molecular weight excluding hydrogens is 883 g/mol. The minimum Gasteiger partial charge on any atom is -0.466 e. The molecule has 0 aromatic carbocycles. The summed E-state index contributed by atoms with van der Waals surface area (Å²) in [6.45, 7) is 14.9. The van der Waals surface area contributed by atoms with Crippen LogP contribution in [-0.2, 0) is 38.0 Å². The van der Waals surface area contributed by atoms with Gasteiger partial charge < -0.3 is 43.5 Å². The number of hydrogen-bond acceptors (Lipinski definition) is 11. The van der Waals surface area contributed by atoms with E-state index in [4.69, 9.17) is 28.4 Å². The van der Waals surface area contributed by atoms with Crippen LogP contribution in [0.4, 0.5) is 0 Å². The van der Waals surface area contributed by atoms with Crippen LogP contribution in [0.1, 0.15) is 227 Å². The van der Waals surface area contributed by atoms with Crippen LogP contribution in [0.5, 0.6) is 0 Å². The second kappa shape index (κ2) is 55.9. The highest BCUT2D eigenvalue weighted by Crippen LogP contribution is 2.15. The van der Waals surface area contributed by atoms with Gasteiger partial charge in [0, 0.05) is 58.4 Å². The Morgan fingerprint density at radius 3 is 1.03 bits per heavy atom. The summed E-state index contributed by atoms with van der Waals surface area (Å²) in [4.78, 5) is 27.7. The second-order valence-electron chi connectivity index (χ2n) is 18.8. The maximum Gasteiger partial charge on any atom is 0.305 e. The molecule has 0 saturated carbocycles. The van der Waals surface area contributed by atoms with Gasteiger partial charge in [0.25, 0.3) is 0 Å². The van der Waals surface area contributed by atoms with Crippen molar-refractivity contribution in [2.75, 3.05) is 72.5 Å². The van der Waals surface area contributed by atoms with Crippen molar-refractivity contribution in [1.82, 2.24) is 4.90 Å². The van der Waals surface area contributed by atoms with Gasteiger partial charge in [0.1, 0.15) is 0 Å². The van der Waals surface area contributed by atoms with E-state index in [1.807, 2.05) is 0 Å². The summed E-state index contributed by atoms with van der Waals surface area (Å²) in [5.41, 5.74) is 0. The van der Waals surface area contributed by atoms with E-state index in [1.165, 1.54) is 0 Å². The van der Waals surface area contributed by atoms with Crippen LogP contribution in [0, 0.1) is 5.92 Å². The molecule has 0 spiro atoms. The second-order valence-corrected chi connectivity index (χ2v) is 18.8. The van der Waals surface area contributed by atoms with Gasteiger partial charge in [-0.1, -0.05) is 115 Å². The number of esters is 2. The van der Waals surface area contributed by atoms with Crippen molar-refractivity contribution >= 4 is 11.9 Å². The van der Waals surface area contributed by atoms with E-state index in [9.17, 15) is 19.8 Å². The molecule has 0 saturated heterocycles. The van der Waals surface area contributed by atoms with Crippen molar-refractivity contribution in [3.05, 3.63) is 48.6 Å². The van der Waals surface area contributed by atoms with Gasteiger partial charge in [-0.15, -0.1) is 0 Å². The average Bonchev–Trinajstić information content (AvgIpc) is 3.36. The first-order valence-corrected chi connectivity index (χ1v) is 28.7. The molecule has 0 aliphatic rings. The number of aliphatic hydroxyl groups is 2. The van der Waals surface area contributed by atoms with E-state index in [1.54, 1.807) is 0 Å². The topological polar surface area (TPSA) is 133 Å². The quantitative estimate of drug-likeness (QED) is 0.0261. The van der Waals surface area contributed by atoms with Gasteiger partial charge in [0.2, 0.25) is 0 Å². The molecule has 410 valence electrons. The maximum atomic E-state index is 12.6. The first kappa shape index (κ1) is 67.6. The summed E-state index contributed by atoms with van der Waals surface area (Å²) < 4.78 is 35.4. The Kier molecular flexibility index (Phi) is 54.0. The zero-order valence-corrected chi connectivity index (χ0v) is 45.7. The van der Waals surface area contributed by atoms with E-state index in [2.05, 4.69) is 81.2 Å². The Balaban J connectivity index is 4.45. The van der Waals surface area contributed by atoms with Crippen LogP contribution in [0.2, 0.25) is 0 Å². The molecule has 0 heterocycles. The molecule has 70 heavy (non-hydrogen) atoms. The molecule has 0 aromatic heterocycles. The molecule has 0 aliphatic heterocycles. The summed E-state index contributed by atoms with van der Waals surface area (Å²) >= 11 is 0. The van der Waals surface area contributed by atoms with Gasteiger partial charge in [0.15, 0.2) is 12.6 Å². The number of aliphatic hydroxyl groups excluding tert-OH is 2. The Morgan fingerprint density at radius 2 is 0.700 bits per heavy atom. The third-order valence-electron chi connectivity index (χ3n) is 12.2. The van der Waals surface area contributed by atoms with E-state index < -0.39 is 0 Å². The monoisotopic (exact) mass is 992 g/mol. The normalized spacial score (nSPS) is 12.3. The van der Waals surface area contributed by atoms with Crippen molar-refractivity contribution in [3.63, 3.8) is 0 Å². The lowest BCUT2D eigenvalue weighted by Gasteiger charge is -2.24. The van der Waals surface area contributed by atoms with Gasteiger partial charge >= 0.3 is 11.9 Å². The lowest BCUT2D eigenvalue weighted by Crippen LogP contribution is -2.30.